The van der Waals surface area contributed by atoms with Gasteiger partial charge in [0.2, 0.25) is 5.91 Å². The van der Waals surface area contributed by atoms with Crippen LogP contribution in [0.5, 0.6) is 0 Å². The average molecular weight is 285 g/mol. The molecule has 0 saturated carbocycles. The summed E-state index contributed by atoms with van der Waals surface area (Å²) in [5.41, 5.74) is 0. The summed E-state index contributed by atoms with van der Waals surface area (Å²) in [6.07, 6.45) is 6.07. The van der Waals surface area contributed by atoms with Gasteiger partial charge in [-0.05, 0) is 19.3 Å². The molecule has 1 aliphatic rings. The number of carbonyl (C=O) groups excluding carboxylic acids is 2. The van der Waals surface area contributed by atoms with Crippen LogP contribution in [0.2, 0.25) is 0 Å². The third-order valence-electron chi connectivity index (χ3n) is 3.61. The maximum atomic E-state index is 12.2. The highest BCUT2D eigenvalue weighted by Gasteiger charge is 2.22. The zero-order valence-electron chi connectivity index (χ0n) is 12.7. The smallest absolute Gasteiger partial charge is 0.307 e. The number of methoxy groups -OCH3 is 1. The average Bonchev–Trinajstić information content (AvgIpc) is 2.96. The van der Waals surface area contributed by atoms with Crippen molar-refractivity contribution in [3.63, 3.8) is 0 Å². The Hall–Kier alpha value is -1.10. The first-order chi connectivity index (χ1) is 9.67. The van der Waals surface area contributed by atoms with Gasteiger partial charge in [0.25, 0.3) is 0 Å². The Bertz CT molecular complexity index is 300. The van der Waals surface area contributed by atoms with Gasteiger partial charge in [0.1, 0.15) is 0 Å². The second kappa shape index (κ2) is 9.75. The number of rotatable bonds is 9. The maximum absolute atomic E-state index is 12.2. The first-order valence-corrected chi connectivity index (χ1v) is 7.63. The molecular weight excluding hydrogens is 258 g/mol. The molecule has 116 valence electrons. The lowest BCUT2D eigenvalue weighted by atomic mass is 10.1. The van der Waals surface area contributed by atoms with Crippen LogP contribution in [0, 0.1) is 0 Å². The third-order valence-corrected chi connectivity index (χ3v) is 3.61. The Balaban J connectivity index is 2.43. The van der Waals surface area contributed by atoms with Gasteiger partial charge < -0.3 is 14.4 Å². The quantitative estimate of drug-likeness (QED) is 0.481. The standard InChI is InChI=1S/C15H27NO4/c1-3-4-5-8-14(17)16(10-9-15(18)19-2)12-13-7-6-11-20-13/h13H,3-12H2,1-2H3. The minimum absolute atomic E-state index is 0.123. The van der Waals surface area contributed by atoms with E-state index in [0.717, 1.165) is 38.7 Å². The largest absolute Gasteiger partial charge is 0.469 e. The highest BCUT2D eigenvalue weighted by atomic mass is 16.5. The summed E-state index contributed by atoms with van der Waals surface area (Å²) in [5, 5.41) is 0. The van der Waals surface area contributed by atoms with E-state index in [0.29, 0.717) is 19.5 Å². The first kappa shape index (κ1) is 17.0. The van der Waals surface area contributed by atoms with Crippen molar-refractivity contribution in [3.8, 4) is 0 Å². The molecule has 5 heteroatoms. The summed E-state index contributed by atoms with van der Waals surface area (Å²) in [7, 11) is 1.37. The van der Waals surface area contributed by atoms with Crippen LogP contribution in [-0.4, -0.2) is 49.7 Å². The summed E-state index contributed by atoms with van der Waals surface area (Å²) in [5.74, 6) is -0.151. The van der Waals surface area contributed by atoms with Gasteiger partial charge in [-0.25, -0.2) is 0 Å². The number of carbonyl (C=O) groups is 2. The molecule has 0 aliphatic carbocycles. The Labute approximate surface area is 121 Å². The highest BCUT2D eigenvalue weighted by Crippen LogP contribution is 2.15. The van der Waals surface area contributed by atoms with Gasteiger partial charge in [0.15, 0.2) is 0 Å². The molecule has 1 heterocycles. The van der Waals surface area contributed by atoms with Crippen LogP contribution in [-0.2, 0) is 19.1 Å². The van der Waals surface area contributed by atoms with E-state index in [1.54, 1.807) is 4.90 Å². The number of amides is 1. The van der Waals surface area contributed by atoms with E-state index >= 15 is 0 Å². The third kappa shape index (κ3) is 6.37. The molecule has 1 atom stereocenters. The van der Waals surface area contributed by atoms with Crippen molar-refractivity contribution in [2.75, 3.05) is 26.8 Å². The molecule has 0 bridgehead atoms. The molecular formula is C15H27NO4. The van der Waals surface area contributed by atoms with Gasteiger partial charge in [-0.2, -0.15) is 0 Å². The van der Waals surface area contributed by atoms with Gasteiger partial charge in [0, 0.05) is 26.1 Å². The van der Waals surface area contributed by atoms with Gasteiger partial charge in [-0.1, -0.05) is 19.8 Å². The van der Waals surface area contributed by atoms with E-state index in [9.17, 15) is 9.59 Å². The minimum Gasteiger partial charge on any atom is -0.469 e. The van der Waals surface area contributed by atoms with Gasteiger partial charge in [-0.3, -0.25) is 9.59 Å². The number of ether oxygens (including phenoxy) is 2. The molecule has 0 radical (unpaired) electrons. The molecule has 1 rings (SSSR count). The summed E-state index contributed by atoms with van der Waals surface area (Å²) in [4.78, 5) is 25.2. The monoisotopic (exact) mass is 285 g/mol. The second-order valence-electron chi connectivity index (χ2n) is 5.26. The SMILES string of the molecule is CCCCCC(=O)N(CCC(=O)OC)CC1CCCO1. The number of esters is 1. The van der Waals surface area contributed by atoms with Crippen molar-refractivity contribution >= 4 is 11.9 Å². The normalized spacial score (nSPS) is 18.0. The van der Waals surface area contributed by atoms with Crippen molar-refractivity contribution in [1.82, 2.24) is 4.90 Å². The van der Waals surface area contributed by atoms with E-state index in [1.807, 2.05) is 0 Å². The number of unbranched alkanes of at least 4 members (excludes halogenated alkanes) is 2. The van der Waals surface area contributed by atoms with Gasteiger partial charge in [-0.15, -0.1) is 0 Å². The van der Waals surface area contributed by atoms with Crippen molar-refractivity contribution in [2.24, 2.45) is 0 Å². The van der Waals surface area contributed by atoms with Crippen molar-refractivity contribution in [3.05, 3.63) is 0 Å². The molecule has 1 amide bonds. The molecule has 0 aromatic heterocycles. The van der Waals surface area contributed by atoms with Crippen molar-refractivity contribution < 1.29 is 19.1 Å². The summed E-state index contributed by atoms with van der Waals surface area (Å²) >= 11 is 0. The van der Waals surface area contributed by atoms with Crippen LogP contribution in [0.4, 0.5) is 0 Å². The van der Waals surface area contributed by atoms with E-state index in [2.05, 4.69) is 11.7 Å². The van der Waals surface area contributed by atoms with Crippen LogP contribution in [0.3, 0.4) is 0 Å². The summed E-state index contributed by atoms with van der Waals surface area (Å²) in [6, 6.07) is 0. The fourth-order valence-corrected chi connectivity index (χ4v) is 2.36. The Morgan fingerprint density at radius 1 is 1.30 bits per heavy atom. The molecule has 20 heavy (non-hydrogen) atoms. The van der Waals surface area contributed by atoms with Crippen molar-refractivity contribution in [2.45, 2.75) is 58.0 Å². The molecule has 1 aliphatic heterocycles. The predicted octanol–water partition coefficient (Wildman–Crippen LogP) is 2.14. The lowest BCUT2D eigenvalue weighted by Gasteiger charge is -2.25. The number of hydrogen-bond acceptors (Lipinski definition) is 4. The Kier molecular flexibility index (Phi) is 8.26. The zero-order valence-corrected chi connectivity index (χ0v) is 12.7. The fourth-order valence-electron chi connectivity index (χ4n) is 2.36. The Morgan fingerprint density at radius 3 is 2.70 bits per heavy atom. The zero-order chi connectivity index (χ0) is 14.8. The predicted molar refractivity (Wildman–Crippen MR) is 76.3 cm³/mol. The molecule has 0 aromatic rings. The van der Waals surface area contributed by atoms with Crippen molar-refractivity contribution in [1.29, 1.82) is 0 Å². The van der Waals surface area contributed by atoms with Crippen LogP contribution < -0.4 is 0 Å². The van der Waals surface area contributed by atoms with Crippen LogP contribution in [0.15, 0.2) is 0 Å². The van der Waals surface area contributed by atoms with E-state index in [-0.39, 0.29) is 24.4 Å². The molecule has 1 unspecified atom stereocenters. The summed E-state index contributed by atoms with van der Waals surface area (Å²) in [6.45, 7) is 3.92. The fraction of sp³-hybridized carbons (Fsp3) is 0.867. The lowest BCUT2D eigenvalue weighted by molar-refractivity contribution is -0.142. The minimum atomic E-state index is -0.274. The maximum Gasteiger partial charge on any atom is 0.307 e. The van der Waals surface area contributed by atoms with Gasteiger partial charge >= 0.3 is 5.97 Å². The molecule has 1 fully saturated rings. The van der Waals surface area contributed by atoms with Crippen LogP contribution >= 0.6 is 0 Å². The number of hydrogen-bond donors (Lipinski definition) is 0. The second-order valence-corrected chi connectivity index (χ2v) is 5.26. The molecule has 0 N–H and O–H groups in total. The van der Waals surface area contributed by atoms with Crippen LogP contribution in [0.25, 0.3) is 0 Å². The molecule has 5 nitrogen and oxygen atoms in total. The molecule has 0 aromatic carbocycles. The van der Waals surface area contributed by atoms with E-state index < -0.39 is 0 Å². The molecule has 1 saturated heterocycles. The summed E-state index contributed by atoms with van der Waals surface area (Å²) < 4.78 is 10.2. The highest BCUT2D eigenvalue weighted by molar-refractivity contribution is 5.77. The number of nitrogens with zero attached hydrogens (tertiary/aromatic N) is 1. The van der Waals surface area contributed by atoms with Gasteiger partial charge in [0.05, 0.1) is 19.6 Å². The topological polar surface area (TPSA) is 55.8 Å². The van der Waals surface area contributed by atoms with Crippen LogP contribution in [0.1, 0.15) is 51.9 Å². The molecule has 0 spiro atoms. The van der Waals surface area contributed by atoms with E-state index in [4.69, 9.17) is 4.74 Å². The lowest BCUT2D eigenvalue weighted by Crippen LogP contribution is -2.38. The van der Waals surface area contributed by atoms with E-state index in [1.165, 1.54) is 7.11 Å². The first-order valence-electron chi connectivity index (χ1n) is 7.63. The Morgan fingerprint density at radius 2 is 2.10 bits per heavy atom.